The molecule has 4 aromatic rings. The fraction of sp³-hybridized carbons (Fsp3) is 0.444. The summed E-state index contributed by atoms with van der Waals surface area (Å²) in [6.45, 7) is 9.19. The van der Waals surface area contributed by atoms with Gasteiger partial charge in [0.15, 0.2) is 0 Å². The van der Waals surface area contributed by atoms with Crippen LogP contribution in [0.2, 0.25) is 0 Å². The predicted molar refractivity (Wildman–Crippen MR) is 141 cm³/mol. The summed E-state index contributed by atoms with van der Waals surface area (Å²) in [5.74, 6) is 1.09. The minimum absolute atomic E-state index is 0.132. The SMILES string of the molecule is CC(C)NCC(O)COc1ccc2c(c1)[nH]c(=O)c1c3ccc(OCC(O)CNC(C)C)cc3oc21. The Morgan fingerprint density at radius 2 is 1.42 bits per heavy atom. The average Bonchev–Trinajstić information content (AvgIpc) is 3.23. The fourth-order valence-electron chi connectivity index (χ4n) is 3.93. The van der Waals surface area contributed by atoms with Crippen molar-refractivity contribution < 1.29 is 24.1 Å². The van der Waals surface area contributed by atoms with Gasteiger partial charge >= 0.3 is 0 Å². The van der Waals surface area contributed by atoms with E-state index in [1.807, 2.05) is 33.8 Å². The second-order valence-electron chi connectivity index (χ2n) is 9.68. The first-order valence-electron chi connectivity index (χ1n) is 12.3. The summed E-state index contributed by atoms with van der Waals surface area (Å²) in [6, 6.07) is 11.2. The van der Waals surface area contributed by atoms with Crippen molar-refractivity contribution in [2.75, 3.05) is 26.3 Å². The van der Waals surface area contributed by atoms with Gasteiger partial charge in [0.05, 0.1) is 10.9 Å². The van der Waals surface area contributed by atoms with Gasteiger partial charge in [-0.05, 0) is 24.3 Å². The van der Waals surface area contributed by atoms with Crippen LogP contribution in [0.4, 0.5) is 0 Å². The van der Waals surface area contributed by atoms with Crippen molar-refractivity contribution in [3.63, 3.8) is 0 Å². The van der Waals surface area contributed by atoms with Gasteiger partial charge in [0.25, 0.3) is 5.56 Å². The first-order valence-corrected chi connectivity index (χ1v) is 12.3. The zero-order valence-electron chi connectivity index (χ0n) is 21.1. The number of nitrogens with one attached hydrogen (secondary N) is 3. The first-order chi connectivity index (χ1) is 17.2. The van der Waals surface area contributed by atoms with E-state index in [2.05, 4.69) is 15.6 Å². The minimum atomic E-state index is -0.649. The molecular formula is C27H35N3O6. The normalized spacial score (nSPS) is 13.8. The number of H-pyrrole nitrogens is 1. The van der Waals surface area contributed by atoms with Crippen LogP contribution in [0, 0.1) is 0 Å². The molecule has 0 bridgehead atoms. The van der Waals surface area contributed by atoms with Gasteiger partial charge in [-0.3, -0.25) is 4.79 Å². The average molecular weight is 498 g/mol. The molecule has 9 nitrogen and oxygen atoms in total. The van der Waals surface area contributed by atoms with Gasteiger partial charge in [0.2, 0.25) is 0 Å². The quantitative estimate of drug-likeness (QED) is 0.202. The monoisotopic (exact) mass is 497 g/mol. The van der Waals surface area contributed by atoms with E-state index in [1.165, 1.54) is 0 Å². The summed E-state index contributed by atoms with van der Waals surface area (Å²) in [5.41, 5.74) is 1.32. The van der Waals surface area contributed by atoms with Gasteiger partial charge in [-0.25, -0.2) is 0 Å². The highest BCUT2D eigenvalue weighted by Crippen LogP contribution is 2.33. The second-order valence-corrected chi connectivity index (χ2v) is 9.68. The lowest BCUT2D eigenvalue weighted by Gasteiger charge is -2.15. The number of aliphatic hydroxyl groups excluding tert-OH is 2. The number of hydrogen-bond donors (Lipinski definition) is 5. The number of ether oxygens (including phenoxy) is 2. The molecule has 0 aliphatic heterocycles. The molecule has 2 aromatic carbocycles. The van der Waals surface area contributed by atoms with Crippen molar-refractivity contribution >= 4 is 32.8 Å². The summed E-state index contributed by atoms with van der Waals surface area (Å²) >= 11 is 0. The number of hydrogen-bond acceptors (Lipinski definition) is 8. The molecule has 0 saturated heterocycles. The lowest BCUT2D eigenvalue weighted by Crippen LogP contribution is -2.35. The van der Waals surface area contributed by atoms with Crippen LogP contribution in [0.25, 0.3) is 32.8 Å². The van der Waals surface area contributed by atoms with Gasteiger partial charge < -0.3 is 39.7 Å². The van der Waals surface area contributed by atoms with E-state index in [1.54, 1.807) is 30.3 Å². The van der Waals surface area contributed by atoms with Crippen molar-refractivity contribution in [2.45, 2.75) is 52.0 Å². The Morgan fingerprint density at radius 3 is 2.00 bits per heavy atom. The molecule has 0 saturated carbocycles. The maximum absolute atomic E-state index is 12.9. The van der Waals surface area contributed by atoms with Crippen molar-refractivity contribution in [1.82, 2.24) is 15.6 Å². The molecule has 0 amide bonds. The van der Waals surface area contributed by atoms with Crippen LogP contribution in [-0.4, -0.2) is 65.8 Å². The summed E-state index contributed by atoms with van der Waals surface area (Å²) in [7, 11) is 0. The smallest absolute Gasteiger partial charge is 0.260 e. The Bertz CT molecular complexity index is 1380. The van der Waals surface area contributed by atoms with Crippen LogP contribution < -0.4 is 25.7 Å². The highest BCUT2D eigenvalue weighted by Gasteiger charge is 2.16. The molecule has 9 heteroatoms. The molecule has 2 unspecified atom stereocenters. The Morgan fingerprint density at radius 1 is 0.861 bits per heavy atom. The van der Waals surface area contributed by atoms with Crippen LogP contribution in [0.5, 0.6) is 11.5 Å². The lowest BCUT2D eigenvalue weighted by atomic mass is 10.1. The van der Waals surface area contributed by atoms with E-state index >= 15 is 0 Å². The summed E-state index contributed by atoms with van der Waals surface area (Å²) in [5, 5.41) is 28.4. The number of fused-ring (bicyclic) bond motifs is 5. The lowest BCUT2D eigenvalue weighted by molar-refractivity contribution is 0.104. The third-order valence-corrected chi connectivity index (χ3v) is 5.78. The maximum atomic E-state index is 12.9. The van der Waals surface area contributed by atoms with Gasteiger partial charge in [-0.2, -0.15) is 0 Å². The summed E-state index contributed by atoms with van der Waals surface area (Å²) in [4.78, 5) is 15.9. The molecule has 4 rings (SSSR count). The molecule has 2 heterocycles. The standard InChI is InChI=1S/C27H35N3O6/c1-15(2)28-11-17(31)13-34-19-5-7-21-23(9-19)30-27(33)25-22-8-6-20(10-24(22)36-26(21)25)35-14-18(32)12-29-16(3)4/h5-10,15-18,28-29,31-32H,11-14H2,1-4H3,(H,30,33). The van der Waals surface area contributed by atoms with E-state index in [4.69, 9.17) is 13.9 Å². The molecule has 0 spiro atoms. The number of rotatable bonds is 12. The number of aromatic amines is 1. The highest BCUT2D eigenvalue weighted by atomic mass is 16.5. The Labute approximate surface area is 209 Å². The van der Waals surface area contributed by atoms with Gasteiger partial charge in [0, 0.05) is 48.1 Å². The summed E-state index contributed by atoms with van der Waals surface area (Å²) < 4.78 is 17.6. The van der Waals surface area contributed by atoms with E-state index in [0.29, 0.717) is 52.0 Å². The first kappa shape index (κ1) is 26.0. The molecule has 0 fully saturated rings. The molecule has 194 valence electrons. The molecule has 0 radical (unpaired) electrons. The van der Waals surface area contributed by atoms with Crippen LogP contribution in [-0.2, 0) is 0 Å². The van der Waals surface area contributed by atoms with Crippen molar-refractivity contribution in [2.24, 2.45) is 0 Å². The Kier molecular flexibility index (Phi) is 8.15. The number of furan rings is 1. The molecule has 36 heavy (non-hydrogen) atoms. The predicted octanol–water partition coefficient (Wildman–Crippen LogP) is 2.90. The number of pyridine rings is 1. The number of benzene rings is 2. The summed E-state index contributed by atoms with van der Waals surface area (Å²) in [6.07, 6.45) is -1.29. The van der Waals surface area contributed by atoms with Crippen molar-refractivity contribution in [1.29, 1.82) is 0 Å². The van der Waals surface area contributed by atoms with E-state index < -0.39 is 12.2 Å². The molecule has 0 aliphatic rings. The van der Waals surface area contributed by atoms with Gasteiger partial charge in [-0.1, -0.05) is 27.7 Å². The van der Waals surface area contributed by atoms with E-state index in [9.17, 15) is 15.0 Å². The fourth-order valence-corrected chi connectivity index (χ4v) is 3.93. The highest BCUT2D eigenvalue weighted by molar-refractivity contribution is 6.13. The van der Waals surface area contributed by atoms with Crippen LogP contribution >= 0.6 is 0 Å². The van der Waals surface area contributed by atoms with Crippen LogP contribution in [0.1, 0.15) is 27.7 Å². The Hall–Kier alpha value is -3.11. The maximum Gasteiger partial charge on any atom is 0.260 e. The minimum Gasteiger partial charge on any atom is -0.491 e. The zero-order chi connectivity index (χ0) is 25.8. The van der Waals surface area contributed by atoms with Crippen molar-refractivity contribution in [3.05, 3.63) is 46.8 Å². The topological polar surface area (TPSA) is 129 Å². The van der Waals surface area contributed by atoms with Gasteiger partial charge in [0.1, 0.15) is 48.1 Å². The largest absolute Gasteiger partial charge is 0.491 e. The third-order valence-electron chi connectivity index (χ3n) is 5.78. The second kappa shape index (κ2) is 11.3. The van der Waals surface area contributed by atoms with Gasteiger partial charge in [-0.15, -0.1) is 0 Å². The zero-order valence-corrected chi connectivity index (χ0v) is 21.1. The number of aliphatic hydroxyl groups is 2. The molecule has 0 aliphatic carbocycles. The van der Waals surface area contributed by atoms with Crippen LogP contribution in [0.15, 0.2) is 45.6 Å². The van der Waals surface area contributed by atoms with Crippen LogP contribution in [0.3, 0.4) is 0 Å². The third kappa shape index (κ3) is 6.17. The van der Waals surface area contributed by atoms with E-state index in [0.717, 1.165) is 5.39 Å². The molecule has 2 atom stereocenters. The number of aromatic nitrogens is 1. The van der Waals surface area contributed by atoms with Crippen molar-refractivity contribution in [3.8, 4) is 11.5 Å². The van der Waals surface area contributed by atoms with E-state index in [-0.39, 0.29) is 30.9 Å². The molecule has 2 aromatic heterocycles. The Balaban J connectivity index is 1.54. The molecule has 5 N–H and O–H groups in total. The molecular weight excluding hydrogens is 462 g/mol.